The van der Waals surface area contributed by atoms with Crippen LogP contribution in [-0.4, -0.2) is 66.4 Å². The normalized spacial score (nSPS) is 26.2. The van der Waals surface area contributed by atoms with E-state index < -0.39 is 0 Å². The van der Waals surface area contributed by atoms with Crippen LogP contribution in [0.15, 0.2) is 0 Å². The molecule has 0 aromatic carbocycles. The van der Waals surface area contributed by atoms with Crippen molar-refractivity contribution in [2.24, 2.45) is 5.41 Å². The average Bonchev–Trinajstić information content (AvgIpc) is 2.81. The molecule has 0 amide bonds. The minimum Gasteiger partial charge on any atom is -0.385 e. The fraction of sp³-hybridized carbons (Fsp3) is 1.00. The third-order valence-electron chi connectivity index (χ3n) is 4.17. The highest BCUT2D eigenvalue weighted by Gasteiger charge is 2.40. The lowest BCUT2D eigenvalue weighted by Crippen LogP contribution is -2.41. The molecule has 1 heterocycles. The standard InChI is InChI=1S/C15H31NO4/c1-14-15(6-11-20-14,13-16-7-12-18-3)5-10-19-9-4-8-17-2/h14,16H,4-13H2,1-3H3. The zero-order valence-electron chi connectivity index (χ0n) is 13.3. The maximum atomic E-state index is 5.77. The fourth-order valence-corrected chi connectivity index (χ4v) is 2.66. The number of ether oxygens (including phenoxy) is 4. The number of methoxy groups -OCH3 is 2. The Kier molecular flexibility index (Phi) is 9.39. The van der Waals surface area contributed by atoms with Gasteiger partial charge < -0.3 is 24.3 Å². The fourth-order valence-electron chi connectivity index (χ4n) is 2.66. The molecular weight excluding hydrogens is 258 g/mol. The van der Waals surface area contributed by atoms with E-state index in [4.69, 9.17) is 18.9 Å². The quantitative estimate of drug-likeness (QED) is 0.551. The lowest BCUT2D eigenvalue weighted by molar-refractivity contribution is 0.0288. The first-order valence-electron chi connectivity index (χ1n) is 7.63. The van der Waals surface area contributed by atoms with Crippen molar-refractivity contribution in [2.45, 2.75) is 32.3 Å². The molecular formula is C15H31NO4. The number of nitrogens with one attached hydrogen (secondary N) is 1. The summed E-state index contributed by atoms with van der Waals surface area (Å²) in [5, 5.41) is 3.48. The third-order valence-corrected chi connectivity index (χ3v) is 4.17. The van der Waals surface area contributed by atoms with E-state index in [2.05, 4.69) is 12.2 Å². The Morgan fingerprint density at radius 2 is 1.95 bits per heavy atom. The Balaban J connectivity index is 2.25. The highest BCUT2D eigenvalue weighted by Crippen LogP contribution is 2.37. The topological polar surface area (TPSA) is 49.0 Å². The Morgan fingerprint density at radius 3 is 2.60 bits per heavy atom. The summed E-state index contributed by atoms with van der Waals surface area (Å²) in [6.45, 7) is 7.98. The number of hydrogen-bond acceptors (Lipinski definition) is 5. The summed E-state index contributed by atoms with van der Waals surface area (Å²) in [5.41, 5.74) is 0.203. The van der Waals surface area contributed by atoms with E-state index in [1.807, 2.05) is 0 Å². The molecule has 2 atom stereocenters. The maximum Gasteiger partial charge on any atom is 0.0617 e. The summed E-state index contributed by atoms with van der Waals surface area (Å²) in [5.74, 6) is 0. The zero-order chi connectivity index (χ0) is 14.7. The number of hydrogen-bond donors (Lipinski definition) is 1. The van der Waals surface area contributed by atoms with Crippen molar-refractivity contribution in [1.29, 1.82) is 0 Å². The molecule has 2 unspecified atom stereocenters. The van der Waals surface area contributed by atoms with Gasteiger partial charge in [-0.15, -0.1) is 0 Å². The molecule has 5 heteroatoms. The highest BCUT2D eigenvalue weighted by molar-refractivity contribution is 4.91. The molecule has 0 radical (unpaired) electrons. The smallest absolute Gasteiger partial charge is 0.0617 e. The molecule has 0 aromatic heterocycles. The van der Waals surface area contributed by atoms with Crippen molar-refractivity contribution in [3.8, 4) is 0 Å². The van der Waals surface area contributed by atoms with Crippen LogP contribution in [-0.2, 0) is 18.9 Å². The molecule has 120 valence electrons. The van der Waals surface area contributed by atoms with Crippen LogP contribution in [0.4, 0.5) is 0 Å². The summed E-state index contributed by atoms with van der Waals surface area (Å²) >= 11 is 0. The Labute approximate surface area is 123 Å². The van der Waals surface area contributed by atoms with Gasteiger partial charge in [-0.05, 0) is 26.2 Å². The molecule has 1 saturated heterocycles. The van der Waals surface area contributed by atoms with Crippen molar-refractivity contribution < 1.29 is 18.9 Å². The van der Waals surface area contributed by atoms with Gasteiger partial charge in [-0.2, -0.15) is 0 Å². The largest absolute Gasteiger partial charge is 0.385 e. The van der Waals surface area contributed by atoms with Crippen LogP contribution >= 0.6 is 0 Å². The summed E-state index contributed by atoms with van der Waals surface area (Å²) in [6.07, 6.45) is 3.40. The van der Waals surface area contributed by atoms with Crippen molar-refractivity contribution >= 4 is 0 Å². The van der Waals surface area contributed by atoms with E-state index in [1.165, 1.54) is 0 Å². The first-order valence-corrected chi connectivity index (χ1v) is 7.63. The first-order chi connectivity index (χ1) is 9.75. The Bertz CT molecular complexity index is 240. The molecule has 0 bridgehead atoms. The molecule has 5 nitrogen and oxygen atoms in total. The van der Waals surface area contributed by atoms with Gasteiger partial charge in [-0.25, -0.2) is 0 Å². The van der Waals surface area contributed by atoms with Crippen LogP contribution in [0.3, 0.4) is 0 Å². The van der Waals surface area contributed by atoms with Gasteiger partial charge in [0.1, 0.15) is 0 Å². The molecule has 20 heavy (non-hydrogen) atoms. The maximum absolute atomic E-state index is 5.77. The Morgan fingerprint density at radius 1 is 1.15 bits per heavy atom. The molecule has 1 aliphatic heterocycles. The molecule has 1 N–H and O–H groups in total. The second-order valence-electron chi connectivity index (χ2n) is 5.50. The van der Waals surface area contributed by atoms with E-state index in [0.717, 1.165) is 65.4 Å². The van der Waals surface area contributed by atoms with Gasteiger partial charge in [0.05, 0.1) is 12.7 Å². The van der Waals surface area contributed by atoms with E-state index >= 15 is 0 Å². The van der Waals surface area contributed by atoms with Crippen LogP contribution in [0.2, 0.25) is 0 Å². The summed E-state index contributed by atoms with van der Waals surface area (Å²) < 4.78 is 21.6. The summed E-state index contributed by atoms with van der Waals surface area (Å²) in [7, 11) is 3.45. The number of rotatable bonds is 12. The van der Waals surface area contributed by atoms with Crippen LogP contribution in [0.1, 0.15) is 26.2 Å². The van der Waals surface area contributed by atoms with E-state index in [0.29, 0.717) is 6.10 Å². The van der Waals surface area contributed by atoms with Crippen LogP contribution in [0.5, 0.6) is 0 Å². The van der Waals surface area contributed by atoms with Crippen LogP contribution in [0.25, 0.3) is 0 Å². The molecule has 1 fully saturated rings. The van der Waals surface area contributed by atoms with E-state index in [9.17, 15) is 0 Å². The van der Waals surface area contributed by atoms with Gasteiger partial charge in [0, 0.05) is 59.2 Å². The van der Waals surface area contributed by atoms with Crippen molar-refractivity contribution in [3.05, 3.63) is 0 Å². The average molecular weight is 289 g/mol. The molecule has 1 rings (SSSR count). The van der Waals surface area contributed by atoms with Crippen molar-refractivity contribution in [3.63, 3.8) is 0 Å². The molecule has 0 aliphatic carbocycles. The SMILES string of the molecule is COCCCOCCC1(CNCCOC)CCOC1C. The monoisotopic (exact) mass is 289 g/mol. The van der Waals surface area contributed by atoms with E-state index in [-0.39, 0.29) is 5.41 Å². The molecule has 0 aromatic rings. The lowest BCUT2D eigenvalue weighted by atomic mass is 9.78. The van der Waals surface area contributed by atoms with E-state index in [1.54, 1.807) is 14.2 Å². The minimum absolute atomic E-state index is 0.203. The van der Waals surface area contributed by atoms with Gasteiger partial charge in [0.15, 0.2) is 0 Å². The van der Waals surface area contributed by atoms with Crippen molar-refractivity contribution in [2.75, 3.05) is 60.3 Å². The minimum atomic E-state index is 0.203. The molecule has 1 aliphatic rings. The summed E-state index contributed by atoms with van der Waals surface area (Å²) in [6, 6.07) is 0. The van der Waals surface area contributed by atoms with Gasteiger partial charge in [0.25, 0.3) is 0 Å². The van der Waals surface area contributed by atoms with Gasteiger partial charge in [-0.1, -0.05) is 0 Å². The first kappa shape index (κ1) is 17.9. The predicted molar refractivity (Wildman–Crippen MR) is 79.1 cm³/mol. The second kappa shape index (κ2) is 10.5. The molecule has 0 saturated carbocycles. The third kappa shape index (κ3) is 6.06. The van der Waals surface area contributed by atoms with Gasteiger partial charge in [0.2, 0.25) is 0 Å². The molecule has 0 spiro atoms. The summed E-state index contributed by atoms with van der Waals surface area (Å²) in [4.78, 5) is 0. The second-order valence-corrected chi connectivity index (χ2v) is 5.50. The van der Waals surface area contributed by atoms with Crippen LogP contribution in [0, 0.1) is 5.41 Å². The lowest BCUT2D eigenvalue weighted by Gasteiger charge is -2.32. The highest BCUT2D eigenvalue weighted by atomic mass is 16.5. The van der Waals surface area contributed by atoms with Gasteiger partial charge in [-0.3, -0.25) is 0 Å². The van der Waals surface area contributed by atoms with Gasteiger partial charge >= 0.3 is 0 Å². The zero-order valence-corrected chi connectivity index (χ0v) is 13.3. The van der Waals surface area contributed by atoms with Crippen molar-refractivity contribution in [1.82, 2.24) is 5.32 Å². The predicted octanol–water partition coefficient (Wildman–Crippen LogP) is 1.46. The van der Waals surface area contributed by atoms with Crippen LogP contribution < -0.4 is 5.32 Å². The Hall–Kier alpha value is -0.200.